The highest BCUT2D eigenvalue weighted by molar-refractivity contribution is 6.38. The van der Waals surface area contributed by atoms with E-state index >= 15 is 0 Å². The van der Waals surface area contributed by atoms with Crippen LogP contribution in [0.15, 0.2) is 12.7 Å². The maximum absolute atomic E-state index is 14.8. The Morgan fingerprint density at radius 3 is 2.18 bits per heavy atom. The molecule has 5 atom stereocenters. The van der Waals surface area contributed by atoms with E-state index in [9.17, 15) is 24.0 Å². The van der Waals surface area contributed by atoms with Crippen LogP contribution >= 0.6 is 0 Å². The van der Waals surface area contributed by atoms with Crippen LogP contribution in [0.25, 0.3) is 0 Å². The molecule has 4 aliphatic rings. The van der Waals surface area contributed by atoms with Crippen molar-refractivity contribution in [3.05, 3.63) is 12.7 Å². The van der Waals surface area contributed by atoms with E-state index in [1.165, 1.54) is 6.08 Å². The van der Waals surface area contributed by atoms with Crippen LogP contribution in [0.2, 0.25) is 0 Å². The first kappa shape index (κ1) is 39.4. The van der Waals surface area contributed by atoms with E-state index in [-0.39, 0.29) is 48.1 Å². The van der Waals surface area contributed by atoms with E-state index in [1.54, 1.807) is 4.90 Å². The first-order valence-electron chi connectivity index (χ1n) is 18.7. The van der Waals surface area contributed by atoms with Gasteiger partial charge in [0.05, 0.1) is 23.8 Å². The summed E-state index contributed by atoms with van der Waals surface area (Å²) in [5, 5.41) is 11.7. The number of nitrogens with one attached hydrogen (secondary N) is 4. The van der Waals surface area contributed by atoms with Gasteiger partial charge in [-0.15, -0.1) is 18.9 Å². The van der Waals surface area contributed by atoms with Crippen molar-refractivity contribution in [2.45, 2.75) is 148 Å². The van der Waals surface area contributed by atoms with Gasteiger partial charge in [-0.25, -0.2) is 4.79 Å². The number of ketones is 1. The number of rotatable bonds is 14. The zero-order valence-corrected chi connectivity index (χ0v) is 31.3. The van der Waals surface area contributed by atoms with E-state index in [1.807, 2.05) is 20.8 Å². The summed E-state index contributed by atoms with van der Waals surface area (Å²) in [4.78, 5) is 70.4. The van der Waals surface area contributed by atoms with Gasteiger partial charge >= 0.3 is 6.03 Å². The molecular weight excluding hydrogens is 634 g/mol. The van der Waals surface area contributed by atoms with Crippen LogP contribution in [0, 0.1) is 35.0 Å². The quantitative estimate of drug-likeness (QED) is 0.121. The van der Waals surface area contributed by atoms with Crippen molar-refractivity contribution < 1.29 is 28.7 Å². The van der Waals surface area contributed by atoms with Gasteiger partial charge in [0.15, 0.2) is 0 Å². The minimum Gasteiger partial charge on any atom is -0.373 e. The van der Waals surface area contributed by atoms with E-state index in [2.05, 4.69) is 54.5 Å². The lowest BCUT2D eigenvalue weighted by Crippen LogP contribution is -2.64. The topological polar surface area (TPSA) is 146 Å². The number of terminal acetylenes is 1. The summed E-state index contributed by atoms with van der Waals surface area (Å²) in [6.45, 7) is 16.7. The minimum absolute atomic E-state index is 0.0871. The molecule has 0 bridgehead atoms. The maximum Gasteiger partial charge on any atom is 0.315 e. The summed E-state index contributed by atoms with van der Waals surface area (Å²) in [5.74, 6) is 0.0489. The summed E-state index contributed by atoms with van der Waals surface area (Å²) in [6, 6.07) is -3.25. The monoisotopic (exact) mass is 695 g/mol. The number of hydrogen-bond donors (Lipinski definition) is 4. The third-order valence-electron chi connectivity index (χ3n) is 11.8. The lowest BCUT2D eigenvalue weighted by atomic mass is 9.70. The van der Waals surface area contributed by atoms with Gasteiger partial charge in [0, 0.05) is 19.5 Å². The molecule has 4 fully saturated rings. The number of Topliss-reactive ketones (excluding diaryl/α,β-unsaturated/α-hetero) is 1. The summed E-state index contributed by atoms with van der Waals surface area (Å²) >= 11 is 0. The standard InChI is InChI=1S/C39H61N5O6/c1-9-11-18-27(30(45)33(47)40-23-10-2)41-32(46)29-28-26(37(28,6)7)24-44(29)34(48)31(38(8)19-14-12-15-20-38)42-35(49)43-39(21-16-13-17-22-39)25-50-36(3,4)5/h1,10,26-29,31H,2,11-25H2,3-8H3,(H,40,47)(H,41,46)(H2,42,43,49)/t26?,27?,28?,29-,31+/m0/s1. The van der Waals surface area contributed by atoms with Gasteiger partial charge in [-0.1, -0.05) is 65.4 Å². The maximum atomic E-state index is 14.8. The molecule has 5 amide bonds. The second-order valence-corrected chi connectivity index (χ2v) is 17.0. The number of nitrogens with zero attached hydrogens (tertiary/aromatic N) is 1. The molecule has 4 N–H and O–H groups in total. The predicted molar refractivity (Wildman–Crippen MR) is 193 cm³/mol. The highest BCUT2D eigenvalue weighted by Gasteiger charge is 2.70. The number of amides is 5. The van der Waals surface area contributed by atoms with Crippen molar-refractivity contribution in [2.75, 3.05) is 19.7 Å². The van der Waals surface area contributed by atoms with Crippen LogP contribution in [-0.4, -0.2) is 83.4 Å². The third-order valence-corrected chi connectivity index (χ3v) is 11.8. The molecule has 0 radical (unpaired) electrons. The van der Waals surface area contributed by atoms with Gasteiger partial charge in [0.2, 0.25) is 17.6 Å². The molecule has 11 nitrogen and oxygen atoms in total. The molecule has 3 unspecified atom stereocenters. The third kappa shape index (κ3) is 9.09. The molecule has 278 valence electrons. The summed E-state index contributed by atoms with van der Waals surface area (Å²) in [5.41, 5.74) is -1.59. The number of fused-ring (bicyclic) bond motifs is 1. The van der Waals surface area contributed by atoms with Crippen molar-refractivity contribution in [1.29, 1.82) is 0 Å². The van der Waals surface area contributed by atoms with E-state index in [0.717, 1.165) is 64.2 Å². The van der Waals surface area contributed by atoms with Crippen LogP contribution in [0.1, 0.15) is 119 Å². The molecule has 0 aromatic carbocycles. The fourth-order valence-corrected chi connectivity index (χ4v) is 8.62. The number of likely N-dealkylation sites (tertiary alicyclic amines) is 1. The number of urea groups is 1. The molecule has 0 aromatic rings. The number of carbonyl (C=O) groups is 5. The number of piperidine rings is 1. The smallest absolute Gasteiger partial charge is 0.315 e. The largest absolute Gasteiger partial charge is 0.373 e. The van der Waals surface area contributed by atoms with Gasteiger partial charge in [-0.3, -0.25) is 19.2 Å². The Bertz CT molecular complexity index is 1330. The van der Waals surface area contributed by atoms with Gasteiger partial charge in [-0.2, -0.15) is 0 Å². The van der Waals surface area contributed by atoms with Gasteiger partial charge in [-0.05, 0) is 75.5 Å². The van der Waals surface area contributed by atoms with Crippen LogP contribution < -0.4 is 21.3 Å². The number of hydrogen-bond acceptors (Lipinski definition) is 6. The Hall–Kier alpha value is -3.39. The highest BCUT2D eigenvalue weighted by Crippen LogP contribution is 2.65. The van der Waals surface area contributed by atoms with Crippen LogP contribution in [-0.2, 0) is 23.9 Å². The number of ether oxygens (including phenoxy) is 1. The molecule has 3 aliphatic carbocycles. The van der Waals surface area contributed by atoms with Crippen LogP contribution in [0.4, 0.5) is 4.79 Å². The van der Waals surface area contributed by atoms with Crippen molar-refractivity contribution >= 4 is 29.5 Å². The molecule has 50 heavy (non-hydrogen) atoms. The van der Waals surface area contributed by atoms with Crippen LogP contribution in [0.3, 0.4) is 0 Å². The average Bonchev–Trinajstić information content (AvgIpc) is 3.37. The van der Waals surface area contributed by atoms with Gasteiger partial charge < -0.3 is 30.9 Å². The second-order valence-electron chi connectivity index (χ2n) is 17.0. The second kappa shape index (κ2) is 15.9. The predicted octanol–water partition coefficient (Wildman–Crippen LogP) is 4.40. The first-order valence-corrected chi connectivity index (χ1v) is 18.7. The Kier molecular flexibility index (Phi) is 12.5. The first-order chi connectivity index (χ1) is 23.5. The molecule has 11 heteroatoms. The normalized spacial score (nSPS) is 25.9. The minimum atomic E-state index is -1.14. The molecule has 1 heterocycles. The molecule has 0 spiro atoms. The Morgan fingerprint density at radius 2 is 1.60 bits per heavy atom. The summed E-state index contributed by atoms with van der Waals surface area (Å²) < 4.78 is 6.20. The molecule has 1 aliphatic heterocycles. The van der Waals surface area contributed by atoms with Gasteiger partial charge in [0.1, 0.15) is 12.1 Å². The lowest BCUT2D eigenvalue weighted by Gasteiger charge is -2.44. The Morgan fingerprint density at radius 1 is 0.980 bits per heavy atom. The van der Waals surface area contributed by atoms with Crippen molar-refractivity contribution in [1.82, 2.24) is 26.2 Å². The van der Waals surface area contributed by atoms with Gasteiger partial charge in [0.25, 0.3) is 5.91 Å². The lowest BCUT2D eigenvalue weighted by molar-refractivity contribution is -0.146. The molecule has 0 aromatic heterocycles. The number of carbonyl (C=O) groups excluding carboxylic acids is 5. The average molecular weight is 696 g/mol. The van der Waals surface area contributed by atoms with Crippen molar-refractivity contribution in [3.63, 3.8) is 0 Å². The summed E-state index contributed by atoms with van der Waals surface area (Å²) in [7, 11) is 0. The molecule has 3 saturated carbocycles. The van der Waals surface area contributed by atoms with E-state index in [4.69, 9.17) is 11.2 Å². The summed E-state index contributed by atoms with van der Waals surface area (Å²) in [6.07, 6.45) is 16.4. The van der Waals surface area contributed by atoms with Crippen LogP contribution in [0.5, 0.6) is 0 Å². The Labute approximate surface area is 299 Å². The van der Waals surface area contributed by atoms with E-state index in [0.29, 0.717) is 13.2 Å². The van der Waals surface area contributed by atoms with Crippen molar-refractivity contribution in [3.8, 4) is 12.3 Å². The zero-order valence-electron chi connectivity index (χ0n) is 31.3. The van der Waals surface area contributed by atoms with E-state index < -0.39 is 52.7 Å². The fraction of sp³-hybridized carbons (Fsp3) is 0.769. The fourth-order valence-electron chi connectivity index (χ4n) is 8.62. The highest BCUT2D eigenvalue weighted by atomic mass is 16.5. The molecular formula is C39H61N5O6. The Balaban J connectivity index is 1.59. The zero-order chi connectivity index (χ0) is 36.9. The molecule has 1 saturated heterocycles. The molecule has 4 rings (SSSR count). The van der Waals surface area contributed by atoms with Crippen molar-refractivity contribution in [2.24, 2.45) is 22.7 Å². The SMILES string of the molecule is C#CCCC(NC(=O)[C@@H]1C2C(CN1C(=O)[C@@H](NC(=O)NC1(COC(C)(C)C)CCCCC1)C1(C)CCCCC1)C2(C)C)C(=O)C(=O)NCC=C.